The molecule has 4 bridgehead atoms. The molecule has 4 aliphatic rings. The van der Waals surface area contributed by atoms with E-state index in [1.165, 1.54) is 16.7 Å². The Morgan fingerprint density at radius 2 is 1.82 bits per heavy atom. The molecule has 2 aliphatic heterocycles. The molecule has 212 valence electrons. The van der Waals surface area contributed by atoms with Gasteiger partial charge in [-0.3, -0.25) is 20.3 Å². The van der Waals surface area contributed by atoms with Crippen molar-refractivity contribution in [2.45, 2.75) is 115 Å². The van der Waals surface area contributed by atoms with Gasteiger partial charge in [0.1, 0.15) is 18.3 Å². The predicted molar refractivity (Wildman–Crippen MR) is 149 cm³/mol. The molecule has 5 unspecified atom stereocenters. The number of ketones is 1. The van der Waals surface area contributed by atoms with Crippen LogP contribution in [0.1, 0.15) is 87.9 Å². The molecule has 0 aromatic heterocycles. The highest BCUT2D eigenvalue weighted by atomic mass is 32.2. The summed E-state index contributed by atoms with van der Waals surface area (Å²) in [5, 5.41) is 6.56. The van der Waals surface area contributed by atoms with E-state index in [0.717, 1.165) is 25.8 Å². The smallest absolute Gasteiger partial charge is 0.216 e. The van der Waals surface area contributed by atoms with E-state index in [2.05, 4.69) is 66.1 Å². The molecule has 4 fully saturated rings. The first-order valence-corrected chi connectivity index (χ1v) is 16.1. The maximum atomic E-state index is 13.6. The van der Waals surface area contributed by atoms with Crippen LogP contribution in [0.25, 0.3) is 0 Å². The second-order valence-corrected chi connectivity index (χ2v) is 14.6. The Bertz CT molecular complexity index is 1080. The highest BCUT2D eigenvalue weighted by Crippen LogP contribution is 2.35. The molecule has 2 saturated carbocycles. The van der Waals surface area contributed by atoms with E-state index in [4.69, 9.17) is 4.74 Å². The number of rotatable bonds is 4. The quantitative estimate of drug-likeness (QED) is 0.532. The summed E-state index contributed by atoms with van der Waals surface area (Å²) in [6.07, 6.45) is 5.31. The molecule has 6 atom stereocenters. The first kappa shape index (κ1) is 28.2. The lowest BCUT2D eigenvalue weighted by molar-refractivity contribution is -0.131. The third-order valence-corrected chi connectivity index (χ3v) is 11.0. The van der Waals surface area contributed by atoms with Crippen LogP contribution in [0.5, 0.6) is 0 Å². The molecule has 8 nitrogen and oxygen atoms in total. The van der Waals surface area contributed by atoms with E-state index in [1.54, 1.807) is 0 Å². The molecule has 0 spiro atoms. The zero-order chi connectivity index (χ0) is 27.0. The van der Waals surface area contributed by atoms with Crippen molar-refractivity contribution in [1.82, 2.24) is 20.3 Å². The van der Waals surface area contributed by atoms with E-state index >= 15 is 0 Å². The van der Waals surface area contributed by atoms with Gasteiger partial charge in [-0.2, -0.15) is 4.72 Å². The number of nitrogens with zero attached hydrogens (tertiary/aromatic N) is 1. The molecule has 1 aromatic carbocycles. The van der Waals surface area contributed by atoms with Gasteiger partial charge in [-0.25, -0.2) is 8.42 Å². The molecule has 0 amide bonds. The summed E-state index contributed by atoms with van der Waals surface area (Å²) in [6, 6.07) is 6.70. The van der Waals surface area contributed by atoms with Gasteiger partial charge in [0.2, 0.25) is 10.0 Å². The fourth-order valence-corrected chi connectivity index (χ4v) is 8.82. The highest BCUT2D eigenvalue weighted by molar-refractivity contribution is 7.90. The van der Waals surface area contributed by atoms with Crippen molar-refractivity contribution in [3.8, 4) is 0 Å². The van der Waals surface area contributed by atoms with Crippen LogP contribution in [0.4, 0.5) is 0 Å². The monoisotopic (exact) mass is 546 g/mol. The fourth-order valence-electron chi connectivity index (χ4n) is 7.16. The number of benzene rings is 1. The molecule has 5 rings (SSSR count). The Balaban J connectivity index is 1.47. The average Bonchev–Trinajstić information content (AvgIpc) is 2.83. The normalized spacial score (nSPS) is 35.1. The summed E-state index contributed by atoms with van der Waals surface area (Å²) >= 11 is 0. The Kier molecular flexibility index (Phi) is 8.62. The molecule has 2 aliphatic carbocycles. The molecule has 1 aromatic rings. The number of nitrogens with one attached hydrogen (secondary N) is 3. The van der Waals surface area contributed by atoms with Crippen LogP contribution in [0.3, 0.4) is 0 Å². The molecule has 3 N–H and O–H groups in total. The SMILES string of the molecule is Cc1cccc(C)c1C1CC2NC(N1)NS(=O)(=O)C1CCCC(C1)CN(C1CC(=O)C1)[C@H](CC(C)C)CO2. The van der Waals surface area contributed by atoms with Crippen LogP contribution in [-0.4, -0.2) is 62.1 Å². The summed E-state index contributed by atoms with van der Waals surface area (Å²) in [4.78, 5) is 14.5. The lowest BCUT2D eigenvalue weighted by Gasteiger charge is -2.45. The first-order chi connectivity index (χ1) is 18.1. The topological polar surface area (TPSA) is 99.8 Å². The Labute approximate surface area is 228 Å². The van der Waals surface area contributed by atoms with E-state index in [9.17, 15) is 13.2 Å². The summed E-state index contributed by atoms with van der Waals surface area (Å²) in [7, 11) is -3.55. The van der Waals surface area contributed by atoms with E-state index in [1.807, 2.05) is 0 Å². The van der Waals surface area contributed by atoms with Crippen molar-refractivity contribution in [3.63, 3.8) is 0 Å². The molecular formula is C29H46N4O4S. The number of hydrogen-bond acceptors (Lipinski definition) is 7. The second kappa shape index (κ2) is 11.6. The van der Waals surface area contributed by atoms with Gasteiger partial charge in [-0.15, -0.1) is 0 Å². The van der Waals surface area contributed by atoms with Gasteiger partial charge >= 0.3 is 0 Å². The van der Waals surface area contributed by atoms with Gasteiger partial charge in [0.15, 0.2) is 0 Å². The minimum atomic E-state index is -3.55. The van der Waals surface area contributed by atoms with Crippen LogP contribution >= 0.6 is 0 Å². The van der Waals surface area contributed by atoms with E-state index in [0.29, 0.717) is 56.3 Å². The van der Waals surface area contributed by atoms with Crippen LogP contribution < -0.4 is 15.4 Å². The zero-order valence-electron chi connectivity index (χ0n) is 23.4. The Hall–Kier alpha value is -1.36. The molecule has 38 heavy (non-hydrogen) atoms. The highest BCUT2D eigenvalue weighted by Gasteiger charge is 2.42. The number of hydrogen-bond donors (Lipinski definition) is 3. The number of carbonyl (C=O) groups excluding carboxylic acids is 1. The van der Waals surface area contributed by atoms with Gasteiger partial charge < -0.3 is 4.74 Å². The number of ether oxygens (including phenoxy) is 1. The van der Waals surface area contributed by atoms with E-state index in [-0.39, 0.29) is 24.4 Å². The van der Waals surface area contributed by atoms with Crippen LogP contribution in [0.2, 0.25) is 0 Å². The third kappa shape index (κ3) is 6.34. The van der Waals surface area contributed by atoms with Crippen molar-refractivity contribution in [2.75, 3.05) is 13.2 Å². The summed E-state index contributed by atoms with van der Waals surface area (Å²) in [5.74, 6) is 1.13. The van der Waals surface area contributed by atoms with Gasteiger partial charge in [0.25, 0.3) is 0 Å². The Morgan fingerprint density at radius 3 is 2.50 bits per heavy atom. The minimum Gasteiger partial charge on any atom is -0.362 e. The molecular weight excluding hydrogens is 500 g/mol. The van der Waals surface area contributed by atoms with Crippen molar-refractivity contribution < 1.29 is 17.9 Å². The number of aryl methyl sites for hydroxylation is 2. The third-order valence-electron chi connectivity index (χ3n) is 9.08. The largest absolute Gasteiger partial charge is 0.362 e. The van der Waals surface area contributed by atoms with Crippen LogP contribution in [0, 0.1) is 25.7 Å². The lowest BCUT2D eigenvalue weighted by Crippen LogP contribution is -2.64. The predicted octanol–water partition coefficient (Wildman–Crippen LogP) is 3.49. The van der Waals surface area contributed by atoms with E-state index < -0.39 is 21.6 Å². The summed E-state index contributed by atoms with van der Waals surface area (Å²) < 4.78 is 36.9. The number of fused-ring (bicyclic) bond motifs is 4. The number of carbonyl (C=O) groups is 1. The molecule has 2 saturated heterocycles. The summed E-state index contributed by atoms with van der Waals surface area (Å²) in [6.45, 7) is 10.1. The maximum Gasteiger partial charge on any atom is 0.216 e. The average molecular weight is 547 g/mol. The molecule has 9 heteroatoms. The first-order valence-electron chi connectivity index (χ1n) is 14.6. The van der Waals surface area contributed by atoms with Gasteiger partial charge in [0, 0.05) is 43.9 Å². The standard InChI is InChI=1S/C29H46N4O4S/c1-18(2)11-23-17-37-27-15-26(28-19(3)7-5-8-20(28)4)30-29(31-27)32-38(35,36)25-10-6-9-21(12-25)16-33(23)22-13-24(34)14-22/h5,7-8,18,21-23,25-27,29-32H,6,9-17H2,1-4H3/t21?,23-,25?,26?,27?,29?/m1/s1. The van der Waals surface area contributed by atoms with Crippen molar-refractivity contribution >= 4 is 15.8 Å². The second-order valence-electron chi connectivity index (χ2n) is 12.6. The van der Waals surface area contributed by atoms with Crippen molar-refractivity contribution in [3.05, 3.63) is 34.9 Å². The van der Waals surface area contributed by atoms with Crippen molar-refractivity contribution in [1.29, 1.82) is 0 Å². The van der Waals surface area contributed by atoms with Crippen molar-refractivity contribution in [2.24, 2.45) is 11.8 Å². The zero-order valence-corrected chi connectivity index (χ0v) is 24.2. The van der Waals surface area contributed by atoms with Gasteiger partial charge in [-0.1, -0.05) is 38.5 Å². The van der Waals surface area contributed by atoms with Gasteiger partial charge in [0.05, 0.1) is 11.9 Å². The number of sulfonamides is 1. The maximum absolute atomic E-state index is 13.6. The minimum absolute atomic E-state index is 0.0386. The lowest BCUT2D eigenvalue weighted by atomic mass is 9.83. The molecule has 2 heterocycles. The molecule has 0 radical (unpaired) electrons. The number of Topliss-reactive ketones (excluding diaryl/α,β-unsaturated/α-hetero) is 1. The van der Waals surface area contributed by atoms with Gasteiger partial charge in [-0.05, 0) is 68.1 Å². The fraction of sp³-hybridized carbons (Fsp3) is 0.759. The Morgan fingerprint density at radius 1 is 1.08 bits per heavy atom. The van der Waals surface area contributed by atoms with Crippen LogP contribution in [-0.2, 0) is 19.6 Å². The van der Waals surface area contributed by atoms with Crippen LogP contribution in [0.15, 0.2) is 18.2 Å². The summed E-state index contributed by atoms with van der Waals surface area (Å²) in [5.41, 5.74) is 3.59.